The number of hydrogen-bond acceptors (Lipinski definition) is 7. The number of hydrogen-bond donors (Lipinski definition) is 0. The van der Waals surface area contributed by atoms with Crippen molar-refractivity contribution in [1.82, 2.24) is 19.0 Å². The first-order chi connectivity index (χ1) is 11.4. The van der Waals surface area contributed by atoms with Crippen LogP contribution in [0.25, 0.3) is 11.4 Å². The second-order valence-corrected chi connectivity index (χ2v) is 8.07. The van der Waals surface area contributed by atoms with E-state index in [4.69, 9.17) is 4.52 Å². The highest BCUT2D eigenvalue weighted by molar-refractivity contribution is 7.89. The highest BCUT2D eigenvalue weighted by Crippen LogP contribution is 2.19. The second-order valence-electron chi connectivity index (χ2n) is 5.14. The molecule has 3 aromatic rings. The van der Waals surface area contributed by atoms with Crippen molar-refractivity contribution in [2.45, 2.75) is 11.4 Å². The van der Waals surface area contributed by atoms with E-state index in [9.17, 15) is 13.2 Å². The molecule has 3 rings (SSSR count). The molecule has 0 unspecified atom stereocenters. The molecule has 0 aliphatic rings. The summed E-state index contributed by atoms with van der Waals surface area (Å²) in [4.78, 5) is 16.2. The van der Waals surface area contributed by atoms with E-state index in [1.807, 2.05) is 16.8 Å². The Hall–Kier alpha value is -2.30. The van der Waals surface area contributed by atoms with Gasteiger partial charge in [0.05, 0.1) is 4.90 Å². The van der Waals surface area contributed by atoms with Gasteiger partial charge in [-0.1, -0.05) is 5.16 Å². The van der Waals surface area contributed by atoms with E-state index in [0.29, 0.717) is 5.82 Å². The summed E-state index contributed by atoms with van der Waals surface area (Å²) in [6, 6.07) is 4.33. The van der Waals surface area contributed by atoms with E-state index in [1.165, 1.54) is 48.3 Å². The molecule has 0 atom stereocenters. The SMILES string of the molecule is CN(C)S(=O)(=O)c1ccc(=O)n(Cc2nc(-c3ccsc3)no2)c1. The van der Waals surface area contributed by atoms with Gasteiger partial charge >= 0.3 is 0 Å². The lowest BCUT2D eigenvalue weighted by Gasteiger charge is -2.12. The van der Waals surface area contributed by atoms with E-state index in [0.717, 1.165) is 9.87 Å². The van der Waals surface area contributed by atoms with Gasteiger partial charge in [-0.25, -0.2) is 12.7 Å². The van der Waals surface area contributed by atoms with Crippen molar-refractivity contribution in [2.24, 2.45) is 0 Å². The van der Waals surface area contributed by atoms with Crippen molar-refractivity contribution in [3.8, 4) is 11.4 Å². The third-order valence-electron chi connectivity index (χ3n) is 3.29. The van der Waals surface area contributed by atoms with Crippen molar-refractivity contribution in [3.63, 3.8) is 0 Å². The van der Waals surface area contributed by atoms with Gasteiger partial charge in [0.2, 0.25) is 21.7 Å². The maximum atomic E-state index is 12.2. The molecule has 8 nitrogen and oxygen atoms in total. The zero-order valence-corrected chi connectivity index (χ0v) is 14.5. The van der Waals surface area contributed by atoms with Crippen LogP contribution in [-0.2, 0) is 16.6 Å². The lowest BCUT2D eigenvalue weighted by atomic mass is 10.3. The lowest BCUT2D eigenvalue weighted by molar-refractivity contribution is 0.369. The van der Waals surface area contributed by atoms with Gasteiger partial charge in [-0.15, -0.1) is 0 Å². The fourth-order valence-corrected chi connectivity index (χ4v) is 3.53. The lowest BCUT2D eigenvalue weighted by Crippen LogP contribution is -2.26. The highest BCUT2D eigenvalue weighted by Gasteiger charge is 2.19. The maximum absolute atomic E-state index is 12.2. The Kier molecular flexibility index (Phi) is 4.35. The van der Waals surface area contributed by atoms with E-state index in [2.05, 4.69) is 10.1 Å². The molecule has 0 bridgehead atoms. The van der Waals surface area contributed by atoms with Gasteiger partial charge in [-0.3, -0.25) is 4.79 Å². The summed E-state index contributed by atoms with van der Waals surface area (Å²) in [5, 5.41) is 7.64. The fourth-order valence-electron chi connectivity index (χ4n) is 1.97. The van der Waals surface area contributed by atoms with Crippen molar-refractivity contribution < 1.29 is 12.9 Å². The number of rotatable bonds is 5. The van der Waals surface area contributed by atoms with Crippen LogP contribution in [0.2, 0.25) is 0 Å². The summed E-state index contributed by atoms with van der Waals surface area (Å²) < 4.78 is 31.8. The molecule has 0 saturated heterocycles. The number of sulfonamides is 1. The van der Waals surface area contributed by atoms with Gasteiger partial charge in [-0.2, -0.15) is 16.3 Å². The number of aromatic nitrogens is 3. The van der Waals surface area contributed by atoms with Crippen LogP contribution in [0, 0.1) is 0 Å². The standard InChI is InChI=1S/C14H14N4O4S2/c1-17(2)24(20,21)11-3-4-13(19)18(7-11)8-12-15-14(16-22-12)10-5-6-23-9-10/h3-7,9H,8H2,1-2H3. The highest BCUT2D eigenvalue weighted by atomic mass is 32.2. The van der Waals surface area contributed by atoms with Crippen LogP contribution in [0.5, 0.6) is 0 Å². The van der Waals surface area contributed by atoms with Crippen LogP contribution in [0.3, 0.4) is 0 Å². The van der Waals surface area contributed by atoms with E-state index < -0.39 is 10.0 Å². The monoisotopic (exact) mass is 366 g/mol. The predicted octanol–water partition coefficient (Wildman–Crippen LogP) is 1.26. The quantitative estimate of drug-likeness (QED) is 0.674. The van der Waals surface area contributed by atoms with E-state index in [1.54, 1.807) is 0 Å². The van der Waals surface area contributed by atoms with Crippen LogP contribution in [0.15, 0.2) is 49.4 Å². The molecule has 0 spiro atoms. The van der Waals surface area contributed by atoms with Gasteiger partial charge in [0, 0.05) is 37.3 Å². The third kappa shape index (κ3) is 3.16. The molecule has 0 aliphatic carbocycles. The Labute approximate surface area is 142 Å². The molecular formula is C14H14N4O4S2. The Balaban J connectivity index is 1.92. The number of thiophene rings is 1. The summed E-state index contributed by atoms with van der Waals surface area (Å²) >= 11 is 1.51. The molecule has 0 radical (unpaired) electrons. The topological polar surface area (TPSA) is 98.3 Å². The van der Waals surface area contributed by atoms with Crippen molar-refractivity contribution >= 4 is 21.4 Å². The molecule has 0 saturated carbocycles. The molecule has 0 aromatic carbocycles. The predicted molar refractivity (Wildman–Crippen MR) is 88.3 cm³/mol. The molecule has 3 aromatic heterocycles. The first-order valence-corrected chi connectivity index (χ1v) is 9.24. The molecule has 3 heterocycles. The molecule has 0 fully saturated rings. The molecule has 0 aliphatic heterocycles. The van der Waals surface area contributed by atoms with Crippen molar-refractivity contribution in [3.05, 3.63) is 51.4 Å². The average Bonchev–Trinajstić information content (AvgIpc) is 3.20. The fraction of sp³-hybridized carbons (Fsp3) is 0.214. The Morgan fingerprint density at radius 1 is 1.29 bits per heavy atom. The van der Waals surface area contributed by atoms with Crippen LogP contribution in [0.4, 0.5) is 0 Å². The van der Waals surface area contributed by atoms with E-state index in [-0.39, 0.29) is 22.9 Å². The minimum Gasteiger partial charge on any atom is -0.337 e. The van der Waals surface area contributed by atoms with Crippen LogP contribution in [0.1, 0.15) is 5.89 Å². The van der Waals surface area contributed by atoms with Crippen molar-refractivity contribution in [2.75, 3.05) is 14.1 Å². The minimum absolute atomic E-state index is 0.00718. The molecule has 24 heavy (non-hydrogen) atoms. The second kappa shape index (κ2) is 6.30. The molecule has 10 heteroatoms. The summed E-state index contributed by atoms with van der Waals surface area (Å²) in [5.74, 6) is 0.647. The zero-order valence-electron chi connectivity index (χ0n) is 12.9. The summed E-state index contributed by atoms with van der Waals surface area (Å²) in [6.07, 6.45) is 1.27. The van der Waals surface area contributed by atoms with Gasteiger partial charge in [0.15, 0.2) is 0 Å². The Morgan fingerprint density at radius 3 is 2.75 bits per heavy atom. The Bertz CT molecular complexity index is 1000. The summed E-state index contributed by atoms with van der Waals surface area (Å²) in [6.45, 7) is -0.00718. The minimum atomic E-state index is -3.63. The average molecular weight is 366 g/mol. The zero-order chi connectivity index (χ0) is 17.3. The third-order valence-corrected chi connectivity index (χ3v) is 5.77. The summed E-state index contributed by atoms with van der Waals surface area (Å²) in [5.41, 5.74) is 0.467. The first-order valence-electron chi connectivity index (χ1n) is 6.86. The van der Waals surface area contributed by atoms with Crippen LogP contribution in [-0.4, -0.2) is 41.5 Å². The normalized spacial score (nSPS) is 12.0. The Morgan fingerprint density at radius 2 is 2.08 bits per heavy atom. The van der Waals surface area contributed by atoms with Gasteiger partial charge < -0.3 is 9.09 Å². The summed E-state index contributed by atoms with van der Waals surface area (Å²) in [7, 11) is -0.777. The van der Waals surface area contributed by atoms with Crippen LogP contribution >= 0.6 is 11.3 Å². The number of nitrogens with zero attached hydrogens (tertiary/aromatic N) is 4. The smallest absolute Gasteiger partial charge is 0.251 e. The van der Waals surface area contributed by atoms with Gasteiger partial charge in [0.25, 0.3) is 5.56 Å². The van der Waals surface area contributed by atoms with Crippen LogP contribution < -0.4 is 5.56 Å². The van der Waals surface area contributed by atoms with Crippen molar-refractivity contribution in [1.29, 1.82) is 0 Å². The maximum Gasteiger partial charge on any atom is 0.251 e. The number of pyridine rings is 1. The largest absolute Gasteiger partial charge is 0.337 e. The molecule has 0 N–H and O–H groups in total. The molecular weight excluding hydrogens is 352 g/mol. The van der Waals surface area contributed by atoms with Gasteiger partial charge in [0.1, 0.15) is 6.54 Å². The van der Waals surface area contributed by atoms with Gasteiger partial charge in [-0.05, 0) is 17.5 Å². The first kappa shape index (κ1) is 16.6. The molecule has 126 valence electrons. The van der Waals surface area contributed by atoms with E-state index >= 15 is 0 Å². The molecule has 0 amide bonds.